The van der Waals surface area contributed by atoms with Crippen molar-refractivity contribution in [2.24, 2.45) is 5.92 Å². The lowest BCUT2D eigenvalue weighted by atomic mass is 9.93. The first-order chi connectivity index (χ1) is 6.92. The quantitative estimate of drug-likeness (QED) is 0.776. The molecule has 76 valence electrons. The van der Waals surface area contributed by atoms with Crippen LogP contribution in [-0.2, 0) is 4.74 Å². The van der Waals surface area contributed by atoms with E-state index in [0.29, 0.717) is 11.8 Å². The van der Waals surface area contributed by atoms with Crippen molar-refractivity contribution in [2.45, 2.75) is 5.92 Å². The fourth-order valence-electron chi connectivity index (χ4n) is 2.06. The van der Waals surface area contributed by atoms with Crippen molar-refractivity contribution in [3.63, 3.8) is 0 Å². The average molecular weight is 192 g/mol. The molecule has 1 N–H and O–H groups in total. The maximum Gasteiger partial charge on any atom is 0.0509 e. The van der Waals surface area contributed by atoms with Crippen LogP contribution >= 0.6 is 0 Å². The number of nitrogens with one attached hydrogen (secondary N) is 1. The largest absolute Gasteiger partial charge is 0.384 e. The van der Waals surface area contributed by atoms with Crippen molar-refractivity contribution in [3.8, 4) is 0 Å². The van der Waals surface area contributed by atoms with Crippen molar-refractivity contribution < 1.29 is 4.74 Å². The van der Waals surface area contributed by atoms with Gasteiger partial charge in [0.1, 0.15) is 0 Å². The summed E-state index contributed by atoms with van der Waals surface area (Å²) in [6, 6.07) is 6.10. The third-order valence-corrected chi connectivity index (χ3v) is 2.79. The summed E-state index contributed by atoms with van der Waals surface area (Å²) >= 11 is 0. The number of hydrogen-bond acceptors (Lipinski definition) is 3. The predicted molar refractivity (Wildman–Crippen MR) is 55.2 cm³/mol. The minimum Gasteiger partial charge on any atom is -0.384 e. The highest BCUT2D eigenvalue weighted by atomic mass is 16.5. The first kappa shape index (κ1) is 9.62. The van der Waals surface area contributed by atoms with E-state index < -0.39 is 0 Å². The molecule has 14 heavy (non-hydrogen) atoms. The van der Waals surface area contributed by atoms with Crippen molar-refractivity contribution in [2.75, 3.05) is 26.8 Å². The molecule has 1 aromatic heterocycles. The topological polar surface area (TPSA) is 34.1 Å². The molecule has 1 aromatic rings. The fraction of sp³-hybridized carbons (Fsp3) is 0.545. The van der Waals surface area contributed by atoms with Crippen LogP contribution in [0.15, 0.2) is 24.4 Å². The number of ether oxygens (including phenoxy) is 1. The van der Waals surface area contributed by atoms with Crippen LogP contribution in [0, 0.1) is 5.92 Å². The van der Waals surface area contributed by atoms with Crippen molar-refractivity contribution in [1.29, 1.82) is 0 Å². The van der Waals surface area contributed by atoms with Crippen LogP contribution in [0.1, 0.15) is 11.6 Å². The van der Waals surface area contributed by atoms with Gasteiger partial charge in [-0.3, -0.25) is 4.98 Å². The molecule has 0 amide bonds. The summed E-state index contributed by atoms with van der Waals surface area (Å²) in [5, 5.41) is 3.39. The van der Waals surface area contributed by atoms with E-state index in [1.54, 1.807) is 7.11 Å². The number of aromatic nitrogens is 1. The molecule has 0 saturated carbocycles. The van der Waals surface area contributed by atoms with E-state index in [4.69, 9.17) is 4.74 Å². The molecule has 1 aliphatic heterocycles. The summed E-state index contributed by atoms with van der Waals surface area (Å²) in [5.74, 6) is 1.08. The Morgan fingerprint density at radius 3 is 3.14 bits per heavy atom. The summed E-state index contributed by atoms with van der Waals surface area (Å²) in [6.07, 6.45) is 1.86. The number of hydrogen-bond donors (Lipinski definition) is 1. The zero-order valence-corrected chi connectivity index (χ0v) is 8.44. The highest BCUT2D eigenvalue weighted by Crippen LogP contribution is 2.26. The maximum absolute atomic E-state index is 5.21. The Bertz CT molecular complexity index is 276. The van der Waals surface area contributed by atoms with Crippen molar-refractivity contribution >= 4 is 0 Å². The molecular formula is C11H16N2O. The lowest BCUT2D eigenvalue weighted by Crippen LogP contribution is -2.17. The second-order valence-corrected chi connectivity index (χ2v) is 3.73. The van der Waals surface area contributed by atoms with Crippen LogP contribution < -0.4 is 5.32 Å². The number of nitrogens with zero attached hydrogens (tertiary/aromatic N) is 1. The second-order valence-electron chi connectivity index (χ2n) is 3.73. The van der Waals surface area contributed by atoms with Gasteiger partial charge in [0.25, 0.3) is 0 Å². The molecule has 0 aromatic carbocycles. The predicted octanol–water partition coefficient (Wildman–Crippen LogP) is 1.03. The monoisotopic (exact) mass is 192 g/mol. The van der Waals surface area contributed by atoms with Gasteiger partial charge in [-0.05, 0) is 12.1 Å². The maximum atomic E-state index is 5.21. The van der Waals surface area contributed by atoms with Gasteiger partial charge in [0, 0.05) is 43.9 Å². The van der Waals surface area contributed by atoms with Crippen LogP contribution in [0.25, 0.3) is 0 Å². The number of pyridine rings is 1. The smallest absolute Gasteiger partial charge is 0.0509 e. The molecule has 0 aliphatic carbocycles. The van der Waals surface area contributed by atoms with Gasteiger partial charge in [-0.25, -0.2) is 0 Å². The molecule has 0 radical (unpaired) electrons. The standard InChI is InChI=1S/C11H16N2O/c1-14-8-9-6-12-7-10(9)11-4-2-3-5-13-11/h2-5,9-10,12H,6-8H2,1H3/t9-,10-/m1/s1. The molecule has 2 atom stereocenters. The fourth-order valence-corrected chi connectivity index (χ4v) is 2.06. The lowest BCUT2D eigenvalue weighted by Gasteiger charge is -2.16. The molecule has 3 heteroatoms. The molecule has 0 bridgehead atoms. The van der Waals surface area contributed by atoms with E-state index in [1.807, 2.05) is 18.3 Å². The van der Waals surface area contributed by atoms with E-state index in [2.05, 4.69) is 16.4 Å². The minimum absolute atomic E-state index is 0.510. The first-order valence-corrected chi connectivity index (χ1v) is 5.02. The van der Waals surface area contributed by atoms with Crippen molar-refractivity contribution in [1.82, 2.24) is 10.3 Å². The SMILES string of the molecule is COC[C@H]1CNC[C@H]1c1ccccn1. The third kappa shape index (κ3) is 1.94. The lowest BCUT2D eigenvalue weighted by molar-refractivity contribution is 0.152. The van der Waals surface area contributed by atoms with E-state index in [1.165, 1.54) is 5.69 Å². The van der Waals surface area contributed by atoms with Crippen LogP contribution in [0.2, 0.25) is 0 Å². The molecule has 1 aliphatic rings. The average Bonchev–Trinajstić information content (AvgIpc) is 2.68. The highest BCUT2D eigenvalue weighted by molar-refractivity contribution is 5.13. The van der Waals surface area contributed by atoms with Gasteiger partial charge in [0.05, 0.1) is 6.61 Å². The normalized spacial score (nSPS) is 26.6. The zero-order chi connectivity index (χ0) is 9.80. The van der Waals surface area contributed by atoms with Gasteiger partial charge in [-0.15, -0.1) is 0 Å². The van der Waals surface area contributed by atoms with Gasteiger partial charge < -0.3 is 10.1 Å². The Hall–Kier alpha value is -0.930. The molecule has 0 unspecified atom stereocenters. The summed E-state index contributed by atoms with van der Waals surface area (Å²) < 4.78 is 5.21. The van der Waals surface area contributed by atoms with Crippen LogP contribution in [0.5, 0.6) is 0 Å². The Kier molecular flexibility index (Phi) is 3.11. The van der Waals surface area contributed by atoms with Crippen LogP contribution in [0.3, 0.4) is 0 Å². The first-order valence-electron chi connectivity index (χ1n) is 5.02. The van der Waals surface area contributed by atoms with E-state index in [9.17, 15) is 0 Å². The van der Waals surface area contributed by atoms with E-state index >= 15 is 0 Å². The highest BCUT2D eigenvalue weighted by Gasteiger charge is 2.28. The van der Waals surface area contributed by atoms with Gasteiger partial charge in [-0.2, -0.15) is 0 Å². The van der Waals surface area contributed by atoms with E-state index in [0.717, 1.165) is 19.7 Å². The Morgan fingerprint density at radius 1 is 1.50 bits per heavy atom. The molecule has 0 spiro atoms. The Morgan fingerprint density at radius 2 is 2.43 bits per heavy atom. The van der Waals surface area contributed by atoms with Crippen LogP contribution in [-0.4, -0.2) is 31.8 Å². The summed E-state index contributed by atoms with van der Waals surface area (Å²) in [6.45, 7) is 2.87. The van der Waals surface area contributed by atoms with E-state index in [-0.39, 0.29) is 0 Å². The van der Waals surface area contributed by atoms with Gasteiger partial charge >= 0.3 is 0 Å². The summed E-state index contributed by atoms with van der Waals surface area (Å²) in [5.41, 5.74) is 1.18. The molecule has 2 rings (SSSR count). The van der Waals surface area contributed by atoms with Crippen molar-refractivity contribution in [3.05, 3.63) is 30.1 Å². The minimum atomic E-state index is 0.510. The molecule has 2 heterocycles. The summed E-state index contributed by atoms with van der Waals surface area (Å²) in [4.78, 5) is 4.40. The molecular weight excluding hydrogens is 176 g/mol. The van der Waals surface area contributed by atoms with Gasteiger partial charge in [0.2, 0.25) is 0 Å². The Labute approximate surface area is 84.5 Å². The second kappa shape index (κ2) is 4.53. The summed E-state index contributed by atoms with van der Waals surface area (Å²) in [7, 11) is 1.76. The molecule has 1 fully saturated rings. The number of rotatable bonds is 3. The zero-order valence-electron chi connectivity index (χ0n) is 8.44. The third-order valence-electron chi connectivity index (χ3n) is 2.79. The molecule has 1 saturated heterocycles. The van der Waals surface area contributed by atoms with Gasteiger partial charge in [0.15, 0.2) is 0 Å². The number of methoxy groups -OCH3 is 1. The van der Waals surface area contributed by atoms with Crippen LogP contribution in [0.4, 0.5) is 0 Å². The molecule has 3 nitrogen and oxygen atoms in total. The Balaban J connectivity index is 2.10. The van der Waals surface area contributed by atoms with Gasteiger partial charge in [-0.1, -0.05) is 6.07 Å².